The molecule has 174 valence electrons. The maximum atomic E-state index is 14.8. The van der Waals surface area contributed by atoms with E-state index in [2.05, 4.69) is 10.3 Å². The van der Waals surface area contributed by atoms with E-state index in [-0.39, 0.29) is 12.4 Å². The van der Waals surface area contributed by atoms with Crippen molar-refractivity contribution in [2.45, 2.75) is 25.3 Å². The van der Waals surface area contributed by atoms with Crippen LogP contribution in [0, 0.1) is 5.82 Å². The highest BCUT2D eigenvalue weighted by atomic mass is 35.5. The summed E-state index contributed by atoms with van der Waals surface area (Å²) in [6.45, 7) is 0.508. The van der Waals surface area contributed by atoms with Gasteiger partial charge < -0.3 is 10.1 Å². The molecule has 0 radical (unpaired) electrons. The van der Waals surface area contributed by atoms with Crippen molar-refractivity contribution in [1.29, 1.82) is 0 Å². The van der Waals surface area contributed by atoms with Crippen molar-refractivity contribution in [3.05, 3.63) is 94.5 Å². The predicted molar refractivity (Wildman–Crippen MR) is 132 cm³/mol. The minimum absolute atomic E-state index is 0.150. The van der Waals surface area contributed by atoms with E-state index in [9.17, 15) is 9.18 Å². The second-order valence-electron chi connectivity index (χ2n) is 7.78. The summed E-state index contributed by atoms with van der Waals surface area (Å²) < 4.78 is 19.7. The molecule has 0 fully saturated rings. The van der Waals surface area contributed by atoms with Crippen molar-refractivity contribution in [3.8, 4) is 0 Å². The summed E-state index contributed by atoms with van der Waals surface area (Å²) >= 11 is 6.30. The van der Waals surface area contributed by atoms with Gasteiger partial charge in [0.15, 0.2) is 0 Å². The standard InChI is InChI=1S/C26H24ClFN4O2/c1-34-24(33)9-8-23-26(30-15-12-17-10-13-29-14-11-17)32-22-7-6-18(27)16-20(22)25(31-23)19-4-2-3-5-21(19)28/h2-7,10-11,13-14,16,23H,8-9,12,15H2,1H3,(H,30,32)/t23-/m0/s1. The van der Waals surface area contributed by atoms with E-state index in [0.717, 1.165) is 17.7 Å². The van der Waals surface area contributed by atoms with E-state index >= 15 is 0 Å². The Kier molecular flexibility index (Phi) is 7.65. The van der Waals surface area contributed by atoms with Crippen molar-refractivity contribution in [2.75, 3.05) is 19.0 Å². The normalized spacial score (nSPS) is 16.3. The molecule has 0 saturated carbocycles. The number of nitrogens with one attached hydrogen (secondary N) is 1. The fourth-order valence-electron chi connectivity index (χ4n) is 3.75. The van der Waals surface area contributed by atoms with Gasteiger partial charge in [-0.05, 0) is 60.9 Å². The first-order valence-corrected chi connectivity index (χ1v) is 11.3. The highest BCUT2D eigenvalue weighted by Crippen LogP contribution is 2.29. The molecule has 0 aliphatic carbocycles. The number of ether oxygens (including phenoxy) is 1. The Balaban J connectivity index is 1.76. The van der Waals surface area contributed by atoms with Crippen molar-refractivity contribution in [3.63, 3.8) is 0 Å². The minimum atomic E-state index is -0.502. The number of halogens is 2. The quantitative estimate of drug-likeness (QED) is 0.479. The van der Waals surface area contributed by atoms with Crippen molar-refractivity contribution in [1.82, 2.24) is 4.98 Å². The monoisotopic (exact) mass is 478 g/mol. The molecule has 3 aromatic rings. The molecular formula is C26H24ClFN4O2. The van der Waals surface area contributed by atoms with Gasteiger partial charge in [0.05, 0.1) is 12.8 Å². The van der Waals surface area contributed by atoms with E-state index in [1.54, 1.807) is 42.7 Å². The summed E-state index contributed by atoms with van der Waals surface area (Å²) in [4.78, 5) is 25.6. The van der Waals surface area contributed by atoms with Gasteiger partial charge in [-0.2, -0.15) is 0 Å². The van der Waals surface area contributed by atoms with Crippen molar-refractivity contribution >= 4 is 34.8 Å². The lowest BCUT2D eigenvalue weighted by Gasteiger charge is -2.15. The van der Waals surface area contributed by atoms with Crippen LogP contribution in [0.2, 0.25) is 5.02 Å². The smallest absolute Gasteiger partial charge is 0.305 e. The Hall–Kier alpha value is -3.58. The van der Waals surface area contributed by atoms with Crippen molar-refractivity contribution in [2.24, 2.45) is 9.98 Å². The second kappa shape index (κ2) is 11.0. The number of fused-ring (bicyclic) bond motifs is 1. The second-order valence-corrected chi connectivity index (χ2v) is 8.21. The zero-order chi connectivity index (χ0) is 23.9. The number of benzene rings is 2. The zero-order valence-corrected chi connectivity index (χ0v) is 19.4. The molecule has 2 heterocycles. The predicted octanol–water partition coefficient (Wildman–Crippen LogP) is 5.10. The zero-order valence-electron chi connectivity index (χ0n) is 18.7. The van der Waals surface area contributed by atoms with Crippen LogP contribution in [0.5, 0.6) is 0 Å². The van der Waals surface area contributed by atoms with Gasteiger partial charge in [0.2, 0.25) is 0 Å². The first kappa shape index (κ1) is 23.6. The first-order valence-electron chi connectivity index (χ1n) is 10.9. The largest absolute Gasteiger partial charge is 0.469 e. The number of nitrogens with zero attached hydrogens (tertiary/aromatic N) is 3. The molecule has 0 spiro atoms. The van der Waals surface area contributed by atoms with Crippen LogP contribution >= 0.6 is 11.6 Å². The summed E-state index contributed by atoms with van der Waals surface area (Å²) in [5.41, 5.74) is 3.31. The summed E-state index contributed by atoms with van der Waals surface area (Å²) in [5, 5.41) is 3.88. The van der Waals surface area contributed by atoms with Gasteiger partial charge in [0.25, 0.3) is 0 Å². The van der Waals surface area contributed by atoms with Crippen LogP contribution in [0.15, 0.2) is 77.0 Å². The van der Waals surface area contributed by atoms with E-state index in [4.69, 9.17) is 26.3 Å². The molecule has 0 saturated heterocycles. The van der Waals surface area contributed by atoms with Crippen molar-refractivity contribution < 1.29 is 13.9 Å². The van der Waals surface area contributed by atoms with Gasteiger partial charge in [-0.25, -0.2) is 4.39 Å². The van der Waals surface area contributed by atoms with E-state index in [0.29, 0.717) is 40.7 Å². The lowest BCUT2D eigenvalue weighted by atomic mass is 10.00. The fourth-order valence-corrected chi connectivity index (χ4v) is 3.93. The topological polar surface area (TPSA) is 75.9 Å². The van der Waals surface area contributed by atoms with Crippen LogP contribution < -0.4 is 5.32 Å². The van der Waals surface area contributed by atoms with Crippen LogP contribution in [0.3, 0.4) is 0 Å². The van der Waals surface area contributed by atoms with Gasteiger partial charge in [0.1, 0.15) is 17.7 Å². The third-order valence-corrected chi connectivity index (χ3v) is 5.75. The number of anilines is 1. The molecule has 4 rings (SSSR count). The third kappa shape index (κ3) is 5.66. The molecular weight excluding hydrogens is 455 g/mol. The molecule has 34 heavy (non-hydrogen) atoms. The number of aromatic nitrogens is 1. The number of esters is 1. The number of hydrogen-bond donors (Lipinski definition) is 1. The van der Waals surface area contributed by atoms with E-state index in [1.807, 2.05) is 18.2 Å². The molecule has 2 aromatic carbocycles. The molecule has 1 aromatic heterocycles. The van der Waals surface area contributed by atoms with Gasteiger partial charge >= 0.3 is 5.97 Å². The number of benzodiazepines with no additional fused rings is 1. The number of amidine groups is 1. The lowest BCUT2D eigenvalue weighted by molar-refractivity contribution is -0.140. The average Bonchev–Trinajstić information content (AvgIpc) is 3.00. The Morgan fingerprint density at radius 1 is 1.15 bits per heavy atom. The maximum Gasteiger partial charge on any atom is 0.305 e. The summed E-state index contributed by atoms with van der Waals surface area (Å²) in [7, 11) is 1.35. The van der Waals surface area contributed by atoms with Crippen LogP contribution in [0.25, 0.3) is 0 Å². The molecule has 1 aliphatic rings. The first-order chi connectivity index (χ1) is 16.5. The molecule has 0 unspecified atom stereocenters. The number of aliphatic imine (C=N–C) groups is 2. The summed E-state index contributed by atoms with van der Waals surface area (Å²) in [6.07, 6.45) is 4.71. The van der Waals surface area contributed by atoms with Crippen LogP contribution in [0.1, 0.15) is 29.5 Å². The number of carbonyl (C=O) groups is 1. The number of pyridine rings is 1. The molecule has 1 N–H and O–H groups in total. The van der Waals surface area contributed by atoms with Gasteiger partial charge in [-0.1, -0.05) is 23.7 Å². The number of hydrogen-bond acceptors (Lipinski definition) is 5. The van der Waals surface area contributed by atoms with Crippen LogP contribution in [0.4, 0.5) is 10.1 Å². The Labute approximate surface area is 202 Å². The SMILES string of the molecule is COC(=O)CC[C@@H]1N=C(c2ccccc2F)c2cc(Cl)ccc2NC1=NCCc1ccncc1. The third-order valence-electron chi connectivity index (χ3n) is 5.51. The highest BCUT2D eigenvalue weighted by molar-refractivity contribution is 6.32. The molecule has 1 aliphatic heterocycles. The minimum Gasteiger partial charge on any atom is -0.469 e. The fraction of sp³-hybridized carbons (Fsp3) is 0.231. The summed E-state index contributed by atoms with van der Waals surface area (Å²) in [5.74, 6) is -0.131. The van der Waals surface area contributed by atoms with Gasteiger partial charge in [0, 0.05) is 47.2 Å². The van der Waals surface area contributed by atoms with Crippen LogP contribution in [-0.4, -0.2) is 42.2 Å². The number of methoxy groups -OCH3 is 1. The number of carbonyl (C=O) groups excluding carboxylic acids is 1. The molecule has 1 atom stereocenters. The lowest BCUT2D eigenvalue weighted by Crippen LogP contribution is -2.27. The number of rotatable bonds is 7. The van der Waals surface area contributed by atoms with E-state index < -0.39 is 11.9 Å². The Morgan fingerprint density at radius 3 is 2.71 bits per heavy atom. The molecule has 8 heteroatoms. The summed E-state index contributed by atoms with van der Waals surface area (Å²) in [6, 6.07) is 15.2. The Morgan fingerprint density at radius 2 is 1.94 bits per heavy atom. The highest BCUT2D eigenvalue weighted by Gasteiger charge is 2.26. The Bertz CT molecular complexity index is 1230. The maximum absolute atomic E-state index is 14.8. The van der Waals surface area contributed by atoms with Crippen LogP contribution in [-0.2, 0) is 16.0 Å². The van der Waals surface area contributed by atoms with Gasteiger partial charge in [-0.15, -0.1) is 0 Å². The molecule has 0 amide bonds. The molecule has 0 bridgehead atoms. The average molecular weight is 479 g/mol. The van der Waals surface area contributed by atoms with E-state index in [1.165, 1.54) is 13.2 Å². The van der Waals surface area contributed by atoms with Gasteiger partial charge in [-0.3, -0.25) is 19.8 Å². The molecule has 6 nitrogen and oxygen atoms in total.